The summed E-state index contributed by atoms with van der Waals surface area (Å²) >= 11 is 3.38. The number of halogens is 1. The third-order valence-corrected chi connectivity index (χ3v) is 2.60. The van der Waals surface area contributed by atoms with E-state index in [0.29, 0.717) is 6.61 Å². The van der Waals surface area contributed by atoms with Crippen molar-refractivity contribution in [1.29, 1.82) is 0 Å². The van der Waals surface area contributed by atoms with Crippen LogP contribution in [0.25, 0.3) is 0 Å². The molecule has 0 heterocycles. The van der Waals surface area contributed by atoms with Gasteiger partial charge in [0.05, 0.1) is 24.2 Å². The fraction of sp³-hybridized carbons (Fsp3) is 0.400. The van der Waals surface area contributed by atoms with Crippen molar-refractivity contribution in [3.05, 3.63) is 28.2 Å². The van der Waals surface area contributed by atoms with Crippen LogP contribution in [-0.2, 0) is 4.74 Å². The van der Waals surface area contributed by atoms with Crippen molar-refractivity contribution in [3.8, 4) is 5.75 Å². The first-order chi connectivity index (χ1) is 6.69. The molecule has 0 amide bonds. The molecule has 14 heavy (non-hydrogen) atoms. The van der Waals surface area contributed by atoms with Gasteiger partial charge in [-0.3, -0.25) is 0 Å². The molecule has 0 fully saturated rings. The van der Waals surface area contributed by atoms with Gasteiger partial charge in [0.15, 0.2) is 0 Å². The normalized spacial score (nSPS) is 12.6. The second-order valence-electron chi connectivity index (χ2n) is 2.96. The van der Waals surface area contributed by atoms with Gasteiger partial charge in [-0.1, -0.05) is 6.07 Å². The zero-order chi connectivity index (χ0) is 10.6. The Labute approximate surface area is 92.3 Å². The summed E-state index contributed by atoms with van der Waals surface area (Å²) in [6.45, 7) is 0.505. The monoisotopic (exact) mass is 259 g/mol. The molecular weight excluding hydrogens is 246 g/mol. The Hall–Kier alpha value is -0.580. The highest BCUT2D eigenvalue weighted by atomic mass is 79.9. The molecule has 1 unspecified atom stereocenters. The summed E-state index contributed by atoms with van der Waals surface area (Å²) in [5.74, 6) is 0.786. The lowest BCUT2D eigenvalue weighted by molar-refractivity contribution is 0.181. The molecule has 3 nitrogen and oxygen atoms in total. The Morgan fingerprint density at radius 1 is 1.43 bits per heavy atom. The molecule has 4 heteroatoms. The first-order valence-corrected chi connectivity index (χ1v) is 5.06. The van der Waals surface area contributed by atoms with Crippen LogP contribution < -0.4 is 10.5 Å². The van der Waals surface area contributed by atoms with E-state index in [1.54, 1.807) is 14.2 Å². The molecule has 0 saturated heterocycles. The molecule has 0 saturated carbocycles. The number of methoxy groups -OCH3 is 2. The summed E-state index contributed by atoms with van der Waals surface area (Å²) in [6.07, 6.45) is 0. The van der Waals surface area contributed by atoms with Crippen LogP contribution in [0.3, 0.4) is 0 Å². The fourth-order valence-electron chi connectivity index (χ4n) is 1.18. The Kier molecular flexibility index (Phi) is 4.38. The van der Waals surface area contributed by atoms with Crippen LogP contribution in [0.1, 0.15) is 11.6 Å². The first-order valence-electron chi connectivity index (χ1n) is 4.27. The molecule has 1 rings (SSSR count). The second kappa shape index (κ2) is 5.34. The third kappa shape index (κ3) is 2.70. The third-order valence-electron chi connectivity index (χ3n) is 1.95. The Balaban J connectivity index is 2.88. The predicted octanol–water partition coefficient (Wildman–Crippen LogP) is 2.10. The summed E-state index contributed by atoms with van der Waals surface area (Å²) in [5, 5.41) is 0. The van der Waals surface area contributed by atoms with E-state index in [4.69, 9.17) is 15.2 Å². The molecule has 0 spiro atoms. The van der Waals surface area contributed by atoms with Crippen molar-refractivity contribution < 1.29 is 9.47 Å². The topological polar surface area (TPSA) is 44.5 Å². The van der Waals surface area contributed by atoms with Gasteiger partial charge < -0.3 is 15.2 Å². The number of ether oxygens (including phenoxy) is 2. The van der Waals surface area contributed by atoms with Gasteiger partial charge in [0, 0.05) is 7.11 Å². The van der Waals surface area contributed by atoms with Crippen LogP contribution in [0.5, 0.6) is 5.75 Å². The minimum Gasteiger partial charge on any atom is -0.496 e. The highest BCUT2D eigenvalue weighted by Gasteiger charge is 2.08. The first kappa shape index (κ1) is 11.5. The fourth-order valence-corrected chi connectivity index (χ4v) is 1.59. The van der Waals surface area contributed by atoms with Crippen molar-refractivity contribution in [3.63, 3.8) is 0 Å². The largest absolute Gasteiger partial charge is 0.496 e. The van der Waals surface area contributed by atoms with Gasteiger partial charge in [-0.05, 0) is 33.6 Å². The number of hydrogen-bond acceptors (Lipinski definition) is 3. The van der Waals surface area contributed by atoms with Crippen LogP contribution in [0.4, 0.5) is 0 Å². The average Bonchev–Trinajstić information content (AvgIpc) is 2.19. The van der Waals surface area contributed by atoms with Crippen LogP contribution in [0.2, 0.25) is 0 Å². The van der Waals surface area contributed by atoms with Gasteiger partial charge in [0.2, 0.25) is 0 Å². The smallest absolute Gasteiger partial charge is 0.133 e. The van der Waals surface area contributed by atoms with E-state index in [0.717, 1.165) is 15.8 Å². The van der Waals surface area contributed by atoms with Gasteiger partial charge in [-0.15, -0.1) is 0 Å². The maximum Gasteiger partial charge on any atom is 0.133 e. The van der Waals surface area contributed by atoms with Gasteiger partial charge in [0.1, 0.15) is 5.75 Å². The number of hydrogen-bond donors (Lipinski definition) is 1. The van der Waals surface area contributed by atoms with E-state index in [2.05, 4.69) is 15.9 Å². The van der Waals surface area contributed by atoms with Crippen molar-refractivity contribution in [2.75, 3.05) is 20.8 Å². The molecule has 1 aromatic carbocycles. The zero-order valence-electron chi connectivity index (χ0n) is 8.29. The van der Waals surface area contributed by atoms with Crippen molar-refractivity contribution >= 4 is 15.9 Å². The van der Waals surface area contributed by atoms with E-state index in [1.165, 1.54) is 0 Å². The van der Waals surface area contributed by atoms with Crippen LogP contribution in [-0.4, -0.2) is 20.8 Å². The van der Waals surface area contributed by atoms with Gasteiger partial charge in [0.25, 0.3) is 0 Å². The van der Waals surface area contributed by atoms with Gasteiger partial charge >= 0.3 is 0 Å². The summed E-state index contributed by atoms with van der Waals surface area (Å²) < 4.78 is 11.1. The lowest BCUT2D eigenvalue weighted by Gasteiger charge is -2.12. The highest BCUT2D eigenvalue weighted by molar-refractivity contribution is 9.10. The van der Waals surface area contributed by atoms with Crippen molar-refractivity contribution in [2.24, 2.45) is 5.73 Å². The summed E-state index contributed by atoms with van der Waals surface area (Å²) in [5.41, 5.74) is 6.89. The Bertz CT molecular complexity index is 304. The Morgan fingerprint density at radius 3 is 2.71 bits per heavy atom. The molecule has 0 aliphatic heterocycles. The van der Waals surface area contributed by atoms with Gasteiger partial charge in [-0.2, -0.15) is 0 Å². The van der Waals surface area contributed by atoms with Crippen molar-refractivity contribution in [1.82, 2.24) is 0 Å². The maximum atomic E-state index is 5.88. The molecule has 78 valence electrons. The highest BCUT2D eigenvalue weighted by Crippen LogP contribution is 2.27. The minimum absolute atomic E-state index is 0.109. The lowest BCUT2D eigenvalue weighted by Crippen LogP contribution is -2.16. The van der Waals surface area contributed by atoms with E-state index in [-0.39, 0.29) is 6.04 Å². The predicted molar refractivity (Wildman–Crippen MR) is 59.5 cm³/mol. The van der Waals surface area contributed by atoms with Crippen LogP contribution >= 0.6 is 15.9 Å². The van der Waals surface area contributed by atoms with Crippen molar-refractivity contribution in [2.45, 2.75) is 6.04 Å². The molecule has 0 bridgehead atoms. The molecule has 1 aromatic rings. The number of benzene rings is 1. The molecule has 0 aliphatic carbocycles. The summed E-state index contributed by atoms with van der Waals surface area (Å²) in [4.78, 5) is 0. The molecule has 2 N–H and O–H groups in total. The lowest BCUT2D eigenvalue weighted by atomic mass is 10.1. The molecule has 1 atom stereocenters. The van der Waals surface area contributed by atoms with Gasteiger partial charge in [-0.25, -0.2) is 0 Å². The molecule has 0 aliphatic rings. The average molecular weight is 260 g/mol. The van der Waals surface area contributed by atoms with Crippen LogP contribution in [0, 0.1) is 0 Å². The van der Waals surface area contributed by atoms with E-state index in [9.17, 15) is 0 Å². The standard InChI is InChI=1S/C10H14BrNO2/c1-13-6-9(12)7-3-4-8(11)10(5-7)14-2/h3-5,9H,6,12H2,1-2H3. The zero-order valence-corrected chi connectivity index (χ0v) is 9.87. The molecule has 0 aromatic heterocycles. The number of nitrogens with two attached hydrogens (primary N) is 1. The molecule has 0 radical (unpaired) electrons. The quantitative estimate of drug-likeness (QED) is 0.901. The molecular formula is C10H14BrNO2. The second-order valence-corrected chi connectivity index (χ2v) is 3.81. The van der Waals surface area contributed by atoms with E-state index < -0.39 is 0 Å². The SMILES string of the molecule is COCC(N)c1ccc(Br)c(OC)c1. The number of rotatable bonds is 4. The summed E-state index contributed by atoms with van der Waals surface area (Å²) in [7, 11) is 3.27. The maximum absolute atomic E-state index is 5.88. The van der Waals surface area contributed by atoms with E-state index >= 15 is 0 Å². The van der Waals surface area contributed by atoms with Crippen LogP contribution in [0.15, 0.2) is 22.7 Å². The minimum atomic E-state index is -0.109. The Morgan fingerprint density at radius 2 is 2.14 bits per heavy atom. The van der Waals surface area contributed by atoms with E-state index in [1.807, 2.05) is 18.2 Å². The summed E-state index contributed by atoms with van der Waals surface area (Å²) in [6, 6.07) is 5.68.